The summed E-state index contributed by atoms with van der Waals surface area (Å²) in [6.07, 6.45) is 0. The van der Waals surface area contributed by atoms with Gasteiger partial charge < -0.3 is 5.32 Å². The van der Waals surface area contributed by atoms with Gasteiger partial charge in [0.05, 0.1) is 0 Å². The van der Waals surface area contributed by atoms with E-state index in [0.717, 1.165) is 16.6 Å². The maximum absolute atomic E-state index is 13.0. The topological polar surface area (TPSA) is 12.0 Å². The van der Waals surface area contributed by atoms with Crippen molar-refractivity contribution in [1.29, 1.82) is 0 Å². The van der Waals surface area contributed by atoms with Crippen molar-refractivity contribution in [2.45, 2.75) is 13.1 Å². The van der Waals surface area contributed by atoms with Crippen molar-refractivity contribution in [2.24, 2.45) is 0 Å². The Morgan fingerprint density at radius 2 is 2.12 bits per heavy atom. The highest BCUT2D eigenvalue weighted by Gasteiger charge is 2.01. The van der Waals surface area contributed by atoms with Crippen LogP contribution in [0.1, 0.15) is 11.1 Å². The van der Waals surface area contributed by atoms with Gasteiger partial charge in [-0.2, -0.15) is 11.3 Å². The number of thiophene rings is 1. The molecule has 1 N–H and O–H groups in total. The Labute approximate surface area is 106 Å². The van der Waals surface area contributed by atoms with Gasteiger partial charge in [0.25, 0.3) is 0 Å². The molecule has 0 saturated heterocycles. The molecule has 2 rings (SSSR count). The highest BCUT2D eigenvalue weighted by Crippen LogP contribution is 2.17. The molecule has 0 fully saturated rings. The quantitative estimate of drug-likeness (QED) is 0.902. The lowest BCUT2D eigenvalue weighted by Crippen LogP contribution is -2.12. The van der Waals surface area contributed by atoms with Crippen molar-refractivity contribution in [3.63, 3.8) is 0 Å². The minimum Gasteiger partial charge on any atom is -0.309 e. The Hall–Kier alpha value is -0.710. The van der Waals surface area contributed by atoms with E-state index < -0.39 is 0 Å². The van der Waals surface area contributed by atoms with Crippen LogP contribution in [0, 0.1) is 5.82 Å². The fourth-order valence-corrected chi connectivity index (χ4v) is 2.47. The summed E-state index contributed by atoms with van der Waals surface area (Å²) in [5.41, 5.74) is 2.20. The normalized spacial score (nSPS) is 10.6. The molecular formula is C12H11BrFNS. The maximum atomic E-state index is 13.0. The van der Waals surface area contributed by atoms with Crippen LogP contribution in [0.25, 0.3) is 0 Å². The van der Waals surface area contributed by atoms with Gasteiger partial charge >= 0.3 is 0 Å². The highest BCUT2D eigenvalue weighted by molar-refractivity contribution is 9.10. The molecule has 1 aromatic heterocycles. The van der Waals surface area contributed by atoms with Crippen LogP contribution < -0.4 is 5.32 Å². The van der Waals surface area contributed by atoms with Crippen molar-refractivity contribution in [1.82, 2.24) is 5.32 Å². The number of benzene rings is 1. The third kappa shape index (κ3) is 3.14. The molecule has 0 unspecified atom stereocenters. The van der Waals surface area contributed by atoms with E-state index in [0.29, 0.717) is 6.54 Å². The first kappa shape index (κ1) is 11.8. The summed E-state index contributed by atoms with van der Waals surface area (Å²) in [7, 11) is 0. The van der Waals surface area contributed by atoms with Crippen molar-refractivity contribution in [3.05, 3.63) is 56.4 Å². The molecule has 0 amide bonds. The van der Waals surface area contributed by atoms with E-state index in [2.05, 4.69) is 38.1 Å². The number of nitrogens with one attached hydrogen (secondary N) is 1. The second-order valence-electron chi connectivity index (χ2n) is 3.47. The minimum atomic E-state index is -0.199. The fraction of sp³-hybridized carbons (Fsp3) is 0.167. The molecule has 1 heterocycles. The fourth-order valence-electron chi connectivity index (χ4n) is 1.41. The van der Waals surface area contributed by atoms with Crippen molar-refractivity contribution >= 4 is 27.3 Å². The number of hydrogen-bond acceptors (Lipinski definition) is 2. The van der Waals surface area contributed by atoms with Gasteiger partial charge in [-0.3, -0.25) is 0 Å². The number of hydrogen-bond donors (Lipinski definition) is 1. The Balaban J connectivity index is 1.92. The minimum absolute atomic E-state index is 0.199. The molecule has 1 nitrogen and oxygen atoms in total. The van der Waals surface area contributed by atoms with Gasteiger partial charge in [0, 0.05) is 17.6 Å². The van der Waals surface area contributed by atoms with Crippen LogP contribution in [0.2, 0.25) is 0 Å². The summed E-state index contributed by atoms with van der Waals surface area (Å²) in [6.45, 7) is 1.47. The third-order valence-corrected chi connectivity index (χ3v) is 3.74. The van der Waals surface area contributed by atoms with Gasteiger partial charge in [0.1, 0.15) is 5.82 Å². The van der Waals surface area contributed by atoms with Crippen molar-refractivity contribution < 1.29 is 4.39 Å². The molecule has 0 bridgehead atoms. The summed E-state index contributed by atoms with van der Waals surface area (Å²) in [4.78, 5) is 0. The molecule has 1 aromatic carbocycles. The van der Waals surface area contributed by atoms with Crippen LogP contribution in [0.5, 0.6) is 0 Å². The van der Waals surface area contributed by atoms with E-state index in [1.54, 1.807) is 23.5 Å². The summed E-state index contributed by atoms with van der Waals surface area (Å²) in [6, 6.07) is 6.81. The second kappa shape index (κ2) is 5.57. The van der Waals surface area contributed by atoms with Gasteiger partial charge in [-0.25, -0.2) is 4.39 Å². The largest absolute Gasteiger partial charge is 0.309 e. The standard InChI is InChI=1S/C12H11BrFNS/c13-12-2-1-11(14)5-10(12)7-15-6-9-3-4-16-8-9/h1-5,8,15H,6-7H2. The molecule has 84 valence electrons. The predicted molar refractivity (Wildman–Crippen MR) is 69.0 cm³/mol. The lowest BCUT2D eigenvalue weighted by molar-refractivity contribution is 0.619. The lowest BCUT2D eigenvalue weighted by Gasteiger charge is -2.06. The van der Waals surface area contributed by atoms with Crippen LogP contribution in [0.4, 0.5) is 4.39 Å². The van der Waals surface area contributed by atoms with E-state index in [1.165, 1.54) is 11.6 Å². The monoisotopic (exact) mass is 299 g/mol. The van der Waals surface area contributed by atoms with E-state index >= 15 is 0 Å². The smallest absolute Gasteiger partial charge is 0.123 e. The van der Waals surface area contributed by atoms with Gasteiger partial charge in [-0.05, 0) is 46.2 Å². The van der Waals surface area contributed by atoms with Crippen molar-refractivity contribution in [2.75, 3.05) is 0 Å². The zero-order valence-corrected chi connectivity index (χ0v) is 10.9. The molecule has 2 aromatic rings. The Morgan fingerprint density at radius 3 is 2.88 bits per heavy atom. The van der Waals surface area contributed by atoms with Crippen LogP contribution >= 0.6 is 27.3 Å². The van der Waals surface area contributed by atoms with Crippen LogP contribution in [-0.2, 0) is 13.1 Å². The van der Waals surface area contributed by atoms with Gasteiger partial charge in [-0.15, -0.1) is 0 Å². The maximum Gasteiger partial charge on any atom is 0.123 e. The van der Waals surface area contributed by atoms with Crippen molar-refractivity contribution in [3.8, 4) is 0 Å². The Kier molecular flexibility index (Phi) is 4.09. The lowest BCUT2D eigenvalue weighted by atomic mass is 10.2. The summed E-state index contributed by atoms with van der Waals surface area (Å²) in [5, 5.41) is 7.44. The number of halogens is 2. The molecule has 0 spiro atoms. The summed E-state index contributed by atoms with van der Waals surface area (Å²) >= 11 is 5.09. The molecule has 0 aliphatic carbocycles. The van der Waals surface area contributed by atoms with E-state index in [-0.39, 0.29) is 5.82 Å². The Morgan fingerprint density at radius 1 is 1.25 bits per heavy atom. The number of rotatable bonds is 4. The van der Waals surface area contributed by atoms with Crippen LogP contribution in [0.15, 0.2) is 39.5 Å². The highest BCUT2D eigenvalue weighted by atomic mass is 79.9. The first-order chi connectivity index (χ1) is 7.75. The Bertz CT molecular complexity index is 456. The SMILES string of the molecule is Fc1ccc(Br)c(CNCc2ccsc2)c1. The van der Waals surface area contributed by atoms with Gasteiger partial charge in [0.15, 0.2) is 0 Å². The predicted octanol–water partition coefficient (Wildman–Crippen LogP) is 3.94. The molecule has 16 heavy (non-hydrogen) atoms. The average Bonchev–Trinajstić information content (AvgIpc) is 2.76. The zero-order valence-electron chi connectivity index (χ0n) is 8.54. The average molecular weight is 300 g/mol. The van der Waals surface area contributed by atoms with Crippen LogP contribution in [-0.4, -0.2) is 0 Å². The van der Waals surface area contributed by atoms with Gasteiger partial charge in [-0.1, -0.05) is 15.9 Å². The third-order valence-electron chi connectivity index (χ3n) is 2.23. The molecule has 0 saturated carbocycles. The van der Waals surface area contributed by atoms with Crippen LogP contribution in [0.3, 0.4) is 0 Å². The van der Waals surface area contributed by atoms with E-state index in [1.807, 2.05) is 0 Å². The molecule has 0 aliphatic heterocycles. The molecule has 0 aliphatic rings. The molecule has 0 atom stereocenters. The first-order valence-electron chi connectivity index (χ1n) is 4.91. The summed E-state index contributed by atoms with van der Waals surface area (Å²) < 4.78 is 13.9. The molecular weight excluding hydrogens is 289 g/mol. The second-order valence-corrected chi connectivity index (χ2v) is 5.11. The zero-order chi connectivity index (χ0) is 11.4. The van der Waals surface area contributed by atoms with E-state index in [4.69, 9.17) is 0 Å². The summed E-state index contributed by atoms with van der Waals surface area (Å²) in [5.74, 6) is -0.199. The first-order valence-corrected chi connectivity index (χ1v) is 6.65. The molecule has 0 radical (unpaired) electrons. The van der Waals surface area contributed by atoms with Gasteiger partial charge in [0.2, 0.25) is 0 Å². The van der Waals surface area contributed by atoms with E-state index in [9.17, 15) is 4.39 Å². The molecule has 4 heteroatoms.